The highest BCUT2D eigenvalue weighted by molar-refractivity contribution is 5.87. The Labute approximate surface area is 124 Å². The first-order valence-electron chi connectivity index (χ1n) is 6.79. The fraction of sp³-hybridized carbons (Fsp3) is 0.235. The average Bonchev–Trinajstić information content (AvgIpc) is 2.48. The van der Waals surface area contributed by atoms with Crippen LogP contribution < -0.4 is 5.32 Å². The molecule has 4 heteroatoms. The van der Waals surface area contributed by atoms with E-state index in [0.29, 0.717) is 18.7 Å². The van der Waals surface area contributed by atoms with E-state index in [4.69, 9.17) is 9.84 Å². The molecular formula is C17H19NO3. The van der Waals surface area contributed by atoms with Crippen LogP contribution in [0.5, 0.6) is 0 Å². The van der Waals surface area contributed by atoms with Crippen molar-refractivity contribution in [2.75, 3.05) is 7.11 Å². The van der Waals surface area contributed by atoms with Gasteiger partial charge in [-0.3, -0.25) is 0 Å². The number of hydrogen-bond donors (Lipinski definition) is 2. The number of hydrogen-bond acceptors (Lipinski definition) is 3. The zero-order valence-electron chi connectivity index (χ0n) is 12.0. The van der Waals surface area contributed by atoms with E-state index in [-0.39, 0.29) is 0 Å². The summed E-state index contributed by atoms with van der Waals surface area (Å²) >= 11 is 0. The zero-order chi connectivity index (χ0) is 15.1. The minimum atomic E-state index is -0.899. The summed E-state index contributed by atoms with van der Waals surface area (Å²) in [4.78, 5) is 10.9. The quantitative estimate of drug-likeness (QED) is 0.821. The predicted octanol–water partition coefficient (Wildman–Crippen LogP) is 2.82. The fourth-order valence-electron chi connectivity index (χ4n) is 2.16. The number of aromatic carboxylic acids is 1. The van der Waals surface area contributed by atoms with E-state index >= 15 is 0 Å². The lowest BCUT2D eigenvalue weighted by molar-refractivity contribution is 0.0696. The molecule has 21 heavy (non-hydrogen) atoms. The molecule has 2 N–H and O–H groups in total. The van der Waals surface area contributed by atoms with Crippen LogP contribution in [0.25, 0.3) is 0 Å². The maximum absolute atomic E-state index is 10.9. The van der Waals surface area contributed by atoms with Gasteiger partial charge in [-0.2, -0.15) is 0 Å². The molecule has 0 radical (unpaired) electrons. The van der Waals surface area contributed by atoms with Gasteiger partial charge < -0.3 is 15.2 Å². The average molecular weight is 285 g/mol. The Balaban J connectivity index is 1.90. The van der Waals surface area contributed by atoms with Crippen molar-refractivity contribution in [1.82, 2.24) is 5.32 Å². The van der Waals surface area contributed by atoms with Gasteiger partial charge in [-0.1, -0.05) is 36.4 Å². The number of carboxylic acid groups (broad SMARTS) is 1. The van der Waals surface area contributed by atoms with Gasteiger partial charge in [0.15, 0.2) is 0 Å². The molecule has 2 aromatic rings. The third kappa shape index (κ3) is 4.70. The third-order valence-corrected chi connectivity index (χ3v) is 3.13. The number of nitrogens with one attached hydrogen (secondary N) is 1. The summed E-state index contributed by atoms with van der Waals surface area (Å²) in [5.41, 5.74) is 3.60. The standard InChI is InChI=1S/C17H19NO3/c1-21-12-15-6-2-4-13(8-15)10-18-11-14-5-3-7-16(9-14)17(19)20/h2-9,18H,10-12H2,1H3,(H,19,20). The summed E-state index contributed by atoms with van der Waals surface area (Å²) in [6, 6.07) is 15.2. The summed E-state index contributed by atoms with van der Waals surface area (Å²) in [7, 11) is 1.68. The van der Waals surface area contributed by atoms with E-state index in [1.165, 1.54) is 5.56 Å². The number of methoxy groups -OCH3 is 1. The van der Waals surface area contributed by atoms with Gasteiger partial charge in [-0.05, 0) is 28.8 Å². The normalized spacial score (nSPS) is 10.5. The zero-order valence-corrected chi connectivity index (χ0v) is 12.0. The molecule has 0 atom stereocenters. The second kappa shape index (κ2) is 7.57. The van der Waals surface area contributed by atoms with Gasteiger partial charge >= 0.3 is 5.97 Å². The fourth-order valence-corrected chi connectivity index (χ4v) is 2.16. The number of benzene rings is 2. The molecule has 0 heterocycles. The molecule has 0 unspecified atom stereocenters. The molecule has 4 nitrogen and oxygen atoms in total. The third-order valence-electron chi connectivity index (χ3n) is 3.13. The highest BCUT2D eigenvalue weighted by Crippen LogP contribution is 2.08. The van der Waals surface area contributed by atoms with Crippen molar-refractivity contribution >= 4 is 5.97 Å². The van der Waals surface area contributed by atoms with Gasteiger partial charge in [-0.15, -0.1) is 0 Å². The lowest BCUT2D eigenvalue weighted by atomic mass is 10.1. The van der Waals surface area contributed by atoms with E-state index in [0.717, 1.165) is 17.7 Å². The number of rotatable bonds is 7. The van der Waals surface area contributed by atoms with Gasteiger partial charge in [0, 0.05) is 20.2 Å². The second-order valence-electron chi connectivity index (χ2n) is 4.86. The van der Waals surface area contributed by atoms with Gasteiger partial charge in [0.05, 0.1) is 12.2 Å². The van der Waals surface area contributed by atoms with Crippen LogP contribution in [0.2, 0.25) is 0 Å². The molecular weight excluding hydrogens is 266 g/mol. The van der Waals surface area contributed by atoms with Crippen molar-refractivity contribution in [3.8, 4) is 0 Å². The van der Waals surface area contributed by atoms with E-state index in [2.05, 4.69) is 17.4 Å². The maximum Gasteiger partial charge on any atom is 0.335 e. The van der Waals surface area contributed by atoms with Crippen molar-refractivity contribution < 1.29 is 14.6 Å². The molecule has 0 saturated carbocycles. The first kappa shape index (κ1) is 15.2. The molecule has 2 aromatic carbocycles. The maximum atomic E-state index is 10.9. The molecule has 0 bridgehead atoms. The predicted molar refractivity (Wildman–Crippen MR) is 81.1 cm³/mol. The lowest BCUT2D eigenvalue weighted by Gasteiger charge is -2.07. The largest absolute Gasteiger partial charge is 0.478 e. The summed E-state index contributed by atoms with van der Waals surface area (Å²) < 4.78 is 5.12. The van der Waals surface area contributed by atoms with E-state index < -0.39 is 5.97 Å². The lowest BCUT2D eigenvalue weighted by Crippen LogP contribution is -2.13. The van der Waals surface area contributed by atoms with Crippen LogP contribution in [0.15, 0.2) is 48.5 Å². The van der Waals surface area contributed by atoms with Crippen LogP contribution in [0.1, 0.15) is 27.0 Å². The molecule has 110 valence electrons. The van der Waals surface area contributed by atoms with Crippen molar-refractivity contribution in [3.05, 3.63) is 70.8 Å². The van der Waals surface area contributed by atoms with E-state index in [9.17, 15) is 4.79 Å². The van der Waals surface area contributed by atoms with Gasteiger partial charge in [0.25, 0.3) is 0 Å². The van der Waals surface area contributed by atoms with Crippen LogP contribution in [0.4, 0.5) is 0 Å². The summed E-state index contributed by atoms with van der Waals surface area (Å²) in [6.45, 7) is 1.97. The Hall–Kier alpha value is -2.17. The molecule has 0 aliphatic heterocycles. The molecule has 0 fully saturated rings. The monoisotopic (exact) mass is 285 g/mol. The molecule has 0 spiro atoms. The SMILES string of the molecule is COCc1cccc(CNCc2cccc(C(=O)O)c2)c1. The summed E-state index contributed by atoms with van der Waals surface area (Å²) in [6.07, 6.45) is 0. The number of ether oxygens (including phenoxy) is 1. The molecule has 0 amide bonds. The van der Waals surface area contributed by atoms with Crippen LogP contribution in [0.3, 0.4) is 0 Å². The van der Waals surface area contributed by atoms with Gasteiger partial charge in [0.2, 0.25) is 0 Å². The minimum absolute atomic E-state index is 0.316. The Morgan fingerprint density at radius 1 is 1.05 bits per heavy atom. The summed E-state index contributed by atoms with van der Waals surface area (Å²) in [5, 5.41) is 12.3. The molecule has 2 rings (SSSR count). The smallest absolute Gasteiger partial charge is 0.335 e. The van der Waals surface area contributed by atoms with Crippen molar-refractivity contribution in [2.24, 2.45) is 0 Å². The Morgan fingerprint density at radius 3 is 2.33 bits per heavy atom. The molecule has 0 aromatic heterocycles. The second-order valence-corrected chi connectivity index (χ2v) is 4.86. The van der Waals surface area contributed by atoms with Crippen LogP contribution >= 0.6 is 0 Å². The van der Waals surface area contributed by atoms with Crippen molar-refractivity contribution in [1.29, 1.82) is 0 Å². The first-order chi connectivity index (χ1) is 10.2. The van der Waals surface area contributed by atoms with Crippen molar-refractivity contribution in [2.45, 2.75) is 19.7 Å². The Bertz CT molecular complexity index is 610. The topological polar surface area (TPSA) is 58.6 Å². The number of carboxylic acids is 1. The van der Waals surface area contributed by atoms with E-state index in [1.54, 1.807) is 25.3 Å². The van der Waals surface area contributed by atoms with Crippen LogP contribution in [0, 0.1) is 0 Å². The molecule has 0 aliphatic carbocycles. The van der Waals surface area contributed by atoms with E-state index in [1.807, 2.05) is 18.2 Å². The highest BCUT2D eigenvalue weighted by Gasteiger charge is 2.03. The van der Waals surface area contributed by atoms with Crippen molar-refractivity contribution in [3.63, 3.8) is 0 Å². The van der Waals surface area contributed by atoms with Gasteiger partial charge in [0.1, 0.15) is 0 Å². The molecule has 0 saturated heterocycles. The Kier molecular flexibility index (Phi) is 5.49. The molecule has 0 aliphatic rings. The highest BCUT2D eigenvalue weighted by atomic mass is 16.5. The van der Waals surface area contributed by atoms with Crippen LogP contribution in [-0.4, -0.2) is 18.2 Å². The Morgan fingerprint density at radius 2 is 1.67 bits per heavy atom. The minimum Gasteiger partial charge on any atom is -0.478 e. The number of carbonyl (C=O) groups is 1. The van der Waals surface area contributed by atoms with Gasteiger partial charge in [-0.25, -0.2) is 4.79 Å². The summed E-state index contributed by atoms with van der Waals surface area (Å²) in [5.74, 6) is -0.899. The van der Waals surface area contributed by atoms with Crippen LogP contribution in [-0.2, 0) is 24.4 Å². The first-order valence-corrected chi connectivity index (χ1v) is 6.79.